The minimum atomic E-state index is -0.521. The van der Waals surface area contributed by atoms with E-state index in [2.05, 4.69) is 16.2 Å². The van der Waals surface area contributed by atoms with E-state index in [1.165, 1.54) is 0 Å². The van der Waals surface area contributed by atoms with Gasteiger partial charge >= 0.3 is 0 Å². The third-order valence-electron chi connectivity index (χ3n) is 4.62. The number of carbonyl (C=O) groups is 3. The monoisotopic (exact) mass is 415 g/mol. The van der Waals surface area contributed by atoms with Crippen molar-refractivity contribution in [2.24, 2.45) is 11.8 Å². The van der Waals surface area contributed by atoms with Gasteiger partial charge in [0.25, 0.3) is 11.8 Å². The Kier molecular flexibility index (Phi) is 6.72. The fourth-order valence-corrected chi connectivity index (χ4v) is 2.87. The standard InChI is InChI=1S/C21H22ClN3O4/c1-13-10-17(13)20(27)23-11-19(26)24-25-21(28)16-4-2-3-5-18(16)29-12-14-6-8-15(22)9-7-14/h2-9,13,17H,10-12H2,1H3,(H,23,27)(H,24,26)(H,25,28). The van der Waals surface area contributed by atoms with E-state index in [0.29, 0.717) is 16.7 Å². The molecule has 1 aliphatic rings. The Morgan fingerprint density at radius 2 is 1.76 bits per heavy atom. The fraction of sp³-hybridized carbons (Fsp3) is 0.286. The van der Waals surface area contributed by atoms with Crippen LogP contribution in [0.15, 0.2) is 48.5 Å². The second-order valence-electron chi connectivity index (χ2n) is 6.95. The van der Waals surface area contributed by atoms with Crippen molar-refractivity contribution in [1.29, 1.82) is 0 Å². The Hall–Kier alpha value is -3.06. The maximum absolute atomic E-state index is 12.4. The summed E-state index contributed by atoms with van der Waals surface area (Å²) in [6.45, 7) is 2.05. The largest absolute Gasteiger partial charge is 0.488 e. The highest BCUT2D eigenvalue weighted by molar-refractivity contribution is 6.30. The molecule has 0 heterocycles. The van der Waals surface area contributed by atoms with E-state index in [9.17, 15) is 14.4 Å². The molecule has 2 aromatic rings. The molecule has 152 valence electrons. The molecule has 2 atom stereocenters. The SMILES string of the molecule is CC1CC1C(=O)NCC(=O)NNC(=O)c1ccccc1OCc1ccc(Cl)cc1. The van der Waals surface area contributed by atoms with Gasteiger partial charge in [-0.25, -0.2) is 0 Å². The number of nitrogens with one attached hydrogen (secondary N) is 3. The van der Waals surface area contributed by atoms with Crippen LogP contribution in [-0.2, 0) is 16.2 Å². The van der Waals surface area contributed by atoms with E-state index in [0.717, 1.165) is 12.0 Å². The number of para-hydroxylation sites is 1. The topological polar surface area (TPSA) is 96.5 Å². The van der Waals surface area contributed by atoms with Gasteiger partial charge in [-0.15, -0.1) is 0 Å². The number of hydrogen-bond donors (Lipinski definition) is 3. The molecule has 0 bridgehead atoms. The van der Waals surface area contributed by atoms with Crippen molar-refractivity contribution in [3.63, 3.8) is 0 Å². The molecule has 0 spiro atoms. The van der Waals surface area contributed by atoms with Crippen molar-refractivity contribution in [1.82, 2.24) is 16.2 Å². The van der Waals surface area contributed by atoms with E-state index in [1.54, 1.807) is 36.4 Å². The first-order valence-electron chi connectivity index (χ1n) is 9.27. The van der Waals surface area contributed by atoms with Crippen LogP contribution in [0.1, 0.15) is 29.3 Å². The van der Waals surface area contributed by atoms with Crippen molar-refractivity contribution in [2.75, 3.05) is 6.54 Å². The number of rotatable bonds is 7. The average molecular weight is 416 g/mol. The summed E-state index contributed by atoms with van der Waals surface area (Å²) in [5, 5.41) is 3.19. The van der Waals surface area contributed by atoms with Crippen molar-refractivity contribution < 1.29 is 19.1 Å². The number of halogens is 1. The molecule has 1 aliphatic carbocycles. The summed E-state index contributed by atoms with van der Waals surface area (Å²) in [6, 6.07) is 13.9. The lowest BCUT2D eigenvalue weighted by Crippen LogP contribution is -2.46. The summed E-state index contributed by atoms with van der Waals surface area (Å²) in [4.78, 5) is 36.0. The van der Waals surface area contributed by atoms with Crippen LogP contribution < -0.4 is 20.9 Å². The fourth-order valence-electron chi connectivity index (χ4n) is 2.75. The molecule has 2 unspecified atom stereocenters. The van der Waals surface area contributed by atoms with E-state index in [4.69, 9.17) is 16.3 Å². The van der Waals surface area contributed by atoms with Crippen LogP contribution in [0.25, 0.3) is 0 Å². The zero-order valence-corrected chi connectivity index (χ0v) is 16.7. The van der Waals surface area contributed by atoms with Gasteiger partial charge < -0.3 is 10.1 Å². The molecule has 1 saturated carbocycles. The number of benzene rings is 2. The van der Waals surface area contributed by atoms with E-state index in [1.807, 2.05) is 19.1 Å². The highest BCUT2D eigenvalue weighted by atomic mass is 35.5. The number of hydrazine groups is 1. The van der Waals surface area contributed by atoms with Gasteiger partial charge in [-0.05, 0) is 42.2 Å². The molecule has 0 aromatic heterocycles. The third-order valence-corrected chi connectivity index (χ3v) is 4.88. The van der Waals surface area contributed by atoms with Gasteiger partial charge in [0, 0.05) is 10.9 Å². The predicted molar refractivity (Wildman–Crippen MR) is 108 cm³/mol. The van der Waals surface area contributed by atoms with Crippen LogP contribution in [0.2, 0.25) is 5.02 Å². The molecule has 0 aliphatic heterocycles. The summed E-state index contributed by atoms with van der Waals surface area (Å²) in [5.41, 5.74) is 5.80. The molecule has 8 heteroatoms. The van der Waals surface area contributed by atoms with Crippen LogP contribution >= 0.6 is 11.6 Å². The van der Waals surface area contributed by atoms with Crippen molar-refractivity contribution in [3.8, 4) is 5.75 Å². The first kappa shape index (κ1) is 20.7. The molecular weight excluding hydrogens is 394 g/mol. The molecule has 29 heavy (non-hydrogen) atoms. The Bertz CT molecular complexity index is 901. The zero-order chi connectivity index (χ0) is 20.8. The molecule has 1 fully saturated rings. The molecule has 0 radical (unpaired) electrons. The van der Waals surface area contributed by atoms with Crippen LogP contribution in [-0.4, -0.2) is 24.3 Å². The molecule has 7 nitrogen and oxygen atoms in total. The van der Waals surface area contributed by atoms with E-state index < -0.39 is 11.8 Å². The van der Waals surface area contributed by atoms with Crippen molar-refractivity contribution in [3.05, 3.63) is 64.7 Å². The van der Waals surface area contributed by atoms with Gasteiger partial charge in [0.15, 0.2) is 0 Å². The zero-order valence-electron chi connectivity index (χ0n) is 15.9. The Balaban J connectivity index is 1.49. The highest BCUT2D eigenvalue weighted by Gasteiger charge is 2.38. The van der Waals surface area contributed by atoms with E-state index in [-0.39, 0.29) is 30.5 Å². The van der Waals surface area contributed by atoms with Crippen LogP contribution in [0.5, 0.6) is 5.75 Å². The summed E-state index contributed by atoms with van der Waals surface area (Å²) in [5.74, 6) is -0.443. The molecule has 3 rings (SSSR count). The first-order chi connectivity index (χ1) is 13.9. The Morgan fingerprint density at radius 1 is 1.07 bits per heavy atom. The average Bonchev–Trinajstić information content (AvgIpc) is 3.46. The lowest BCUT2D eigenvalue weighted by Gasteiger charge is -2.12. The first-order valence-corrected chi connectivity index (χ1v) is 9.65. The number of hydrogen-bond acceptors (Lipinski definition) is 4. The predicted octanol–water partition coefficient (Wildman–Crippen LogP) is 2.45. The third kappa shape index (κ3) is 5.96. The van der Waals surface area contributed by atoms with Gasteiger partial charge in [-0.2, -0.15) is 0 Å². The van der Waals surface area contributed by atoms with Crippen LogP contribution in [0.3, 0.4) is 0 Å². The minimum Gasteiger partial charge on any atom is -0.488 e. The summed E-state index contributed by atoms with van der Waals surface area (Å²) < 4.78 is 5.74. The normalized spacial score (nSPS) is 17.2. The molecule has 3 N–H and O–H groups in total. The molecule has 2 aromatic carbocycles. The lowest BCUT2D eigenvalue weighted by molar-refractivity contribution is -0.127. The minimum absolute atomic E-state index is 0.0120. The van der Waals surface area contributed by atoms with Gasteiger partial charge in [-0.1, -0.05) is 42.8 Å². The lowest BCUT2D eigenvalue weighted by atomic mass is 10.2. The second kappa shape index (κ2) is 9.43. The second-order valence-corrected chi connectivity index (χ2v) is 7.39. The van der Waals surface area contributed by atoms with Gasteiger partial charge in [0.1, 0.15) is 12.4 Å². The summed E-state index contributed by atoms with van der Waals surface area (Å²) in [7, 11) is 0. The van der Waals surface area contributed by atoms with E-state index >= 15 is 0 Å². The molecule has 3 amide bonds. The van der Waals surface area contributed by atoms with Crippen LogP contribution in [0, 0.1) is 11.8 Å². The van der Waals surface area contributed by atoms with Crippen molar-refractivity contribution in [2.45, 2.75) is 20.0 Å². The highest BCUT2D eigenvalue weighted by Crippen LogP contribution is 2.37. The maximum atomic E-state index is 12.4. The number of carbonyl (C=O) groups excluding carboxylic acids is 3. The van der Waals surface area contributed by atoms with Crippen LogP contribution in [0.4, 0.5) is 0 Å². The Morgan fingerprint density at radius 3 is 2.45 bits per heavy atom. The summed E-state index contributed by atoms with van der Waals surface area (Å²) in [6.07, 6.45) is 0.844. The number of amides is 3. The van der Waals surface area contributed by atoms with Gasteiger partial charge in [-0.3, -0.25) is 25.2 Å². The smallest absolute Gasteiger partial charge is 0.273 e. The van der Waals surface area contributed by atoms with Crippen molar-refractivity contribution >= 4 is 29.3 Å². The Labute approximate surface area is 173 Å². The summed E-state index contributed by atoms with van der Waals surface area (Å²) >= 11 is 5.87. The molecule has 0 saturated heterocycles. The quantitative estimate of drug-likeness (QED) is 0.605. The number of ether oxygens (including phenoxy) is 1. The maximum Gasteiger partial charge on any atom is 0.273 e. The molecular formula is C21H22ClN3O4. The van der Waals surface area contributed by atoms with Gasteiger partial charge in [0.2, 0.25) is 5.91 Å². The van der Waals surface area contributed by atoms with Gasteiger partial charge in [0.05, 0.1) is 12.1 Å².